The van der Waals surface area contributed by atoms with Gasteiger partial charge in [-0.3, -0.25) is 14.1 Å². The Morgan fingerprint density at radius 2 is 1.71 bits per heavy atom. The van der Waals surface area contributed by atoms with Crippen LogP contribution < -0.4 is 5.32 Å². The van der Waals surface area contributed by atoms with Gasteiger partial charge >= 0.3 is 0 Å². The van der Waals surface area contributed by atoms with Crippen molar-refractivity contribution in [1.29, 1.82) is 0 Å². The van der Waals surface area contributed by atoms with E-state index in [2.05, 4.69) is 20.5 Å². The lowest BCUT2D eigenvalue weighted by Crippen LogP contribution is -2.17. The molecule has 2 aromatic carbocycles. The van der Waals surface area contributed by atoms with Crippen LogP contribution in [-0.4, -0.2) is 49.8 Å². The molecule has 1 aliphatic rings. The van der Waals surface area contributed by atoms with Gasteiger partial charge in [0.1, 0.15) is 0 Å². The molecule has 0 saturated carbocycles. The summed E-state index contributed by atoms with van der Waals surface area (Å²) in [6, 6.07) is 17.2. The predicted molar refractivity (Wildman–Crippen MR) is 143 cm³/mol. The highest BCUT2D eigenvalue weighted by atomic mass is 32.3. The van der Waals surface area contributed by atoms with E-state index in [0.29, 0.717) is 36.3 Å². The Kier molecular flexibility index (Phi) is 6.68. The molecule has 8 nitrogen and oxygen atoms in total. The zero-order chi connectivity index (χ0) is 24.4. The van der Waals surface area contributed by atoms with Crippen LogP contribution in [0, 0.1) is 6.92 Å². The molecule has 5 rings (SSSR count). The third kappa shape index (κ3) is 4.86. The van der Waals surface area contributed by atoms with Crippen molar-refractivity contribution in [3.05, 3.63) is 72.1 Å². The monoisotopic (exact) mass is 498 g/mol. The van der Waals surface area contributed by atoms with Crippen LogP contribution in [0.15, 0.2) is 70.1 Å². The van der Waals surface area contributed by atoms with E-state index in [1.54, 1.807) is 18.3 Å². The smallest absolute Gasteiger partial charge is 0.250 e. The van der Waals surface area contributed by atoms with E-state index in [1.165, 1.54) is 5.56 Å². The molecule has 2 aromatic heterocycles. The van der Waals surface area contributed by atoms with Crippen LogP contribution in [0.1, 0.15) is 22.0 Å². The average Bonchev–Trinajstić information content (AvgIpc) is 3.59. The summed E-state index contributed by atoms with van der Waals surface area (Å²) in [6.07, 6.45) is 2.44. The van der Waals surface area contributed by atoms with Crippen LogP contribution in [0.4, 0.5) is 0 Å². The highest BCUT2D eigenvalue weighted by molar-refractivity contribution is 8.24. The lowest BCUT2D eigenvalue weighted by Gasteiger charge is -2.37. The molecule has 1 saturated heterocycles. The molecule has 4 aromatic rings. The van der Waals surface area contributed by atoms with Gasteiger partial charge in [0.05, 0.1) is 22.3 Å². The summed E-state index contributed by atoms with van der Waals surface area (Å²) in [5.74, 6) is 0.851. The Labute approximate surface area is 210 Å². The molecule has 1 unspecified atom stereocenters. The Morgan fingerprint density at radius 3 is 2.40 bits per heavy atom. The quantitative estimate of drug-likeness (QED) is 0.279. The SMILES string of the molecule is CNCc1ccc(-c2nnc(-c3cc(-c4ccc(S(O)(O)C5CCOC5)cc4)cnc3C)o2)cc1.[HH].[HH].[HH]. The highest BCUT2D eigenvalue weighted by Gasteiger charge is 2.31. The molecule has 0 amide bonds. The molecule has 188 valence electrons. The summed E-state index contributed by atoms with van der Waals surface area (Å²) < 4.78 is 32.8. The summed E-state index contributed by atoms with van der Waals surface area (Å²) in [7, 11) is -0.990. The fourth-order valence-electron chi connectivity index (χ4n) is 4.14. The lowest BCUT2D eigenvalue weighted by molar-refractivity contribution is 0.197. The minimum atomic E-state index is -2.90. The minimum absolute atomic E-state index is 0. The van der Waals surface area contributed by atoms with Gasteiger partial charge in [-0.05, 0) is 61.9 Å². The second-order valence-electron chi connectivity index (χ2n) is 8.60. The summed E-state index contributed by atoms with van der Waals surface area (Å²) in [4.78, 5) is 5.06. The van der Waals surface area contributed by atoms with Gasteiger partial charge in [-0.15, -0.1) is 10.2 Å². The third-order valence-corrected chi connectivity index (χ3v) is 8.48. The van der Waals surface area contributed by atoms with Crippen molar-refractivity contribution in [2.45, 2.75) is 30.0 Å². The largest absolute Gasteiger partial charge is 0.416 e. The summed E-state index contributed by atoms with van der Waals surface area (Å²) >= 11 is 0. The van der Waals surface area contributed by atoms with E-state index >= 15 is 0 Å². The molecule has 9 heteroatoms. The van der Waals surface area contributed by atoms with Gasteiger partial charge < -0.3 is 14.5 Å². The van der Waals surface area contributed by atoms with E-state index in [-0.39, 0.29) is 9.53 Å². The van der Waals surface area contributed by atoms with E-state index in [0.717, 1.165) is 34.5 Å². The van der Waals surface area contributed by atoms with Crippen molar-refractivity contribution in [3.63, 3.8) is 0 Å². The predicted octanol–water partition coefficient (Wildman–Crippen LogP) is 6.13. The molecule has 0 spiro atoms. The number of benzene rings is 2. The number of pyridine rings is 1. The van der Waals surface area contributed by atoms with Crippen LogP contribution in [0.2, 0.25) is 0 Å². The number of rotatable bonds is 7. The Hall–Kier alpha value is -3.08. The van der Waals surface area contributed by atoms with Crippen LogP contribution in [-0.2, 0) is 11.3 Å². The normalized spacial score (nSPS) is 16.5. The second-order valence-corrected chi connectivity index (χ2v) is 10.9. The van der Waals surface area contributed by atoms with Gasteiger partial charge in [-0.2, -0.15) is 10.6 Å². The average molecular weight is 499 g/mol. The zero-order valence-corrected chi connectivity index (χ0v) is 20.5. The van der Waals surface area contributed by atoms with E-state index in [1.807, 2.05) is 56.4 Å². The standard InChI is InChI=1S/C26H28N4O4S.3H2/c1-17-24(26-30-29-25(34-26)20-5-3-18(4-6-20)14-27-2)13-21(15-28-17)19-7-9-22(10-8-19)35(31,32)23-11-12-33-16-23;;;/h3-10,13,15,23,27,31-32H,11-12,14,16H2,1-2H3;3*1H. The molecular weight excluding hydrogens is 464 g/mol. The molecule has 0 aliphatic carbocycles. The van der Waals surface area contributed by atoms with Gasteiger partial charge in [0.15, 0.2) is 0 Å². The Balaban J connectivity index is 0.00000169. The topological polar surface area (TPSA) is 114 Å². The minimum Gasteiger partial charge on any atom is -0.416 e. The summed E-state index contributed by atoms with van der Waals surface area (Å²) in [5, 5.41) is 11.4. The van der Waals surface area contributed by atoms with Gasteiger partial charge in [0, 0.05) is 40.4 Å². The molecule has 0 bridgehead atoms. The number of aryl methyl sites for hydroxylation is 1. The number of ether oxygens (including phenoxy) is 1. The van der Waals surface area contributed by atoms with Crippen molar-refractivity contribution in [2.75, 3.05) is 20.3 Å². The van der Waals surface area contributed by atoms with E-state index < -0.39 is 10.6 Å². The van der Waals surface area contributed by atoms with Crippen molar-refractivity contribution in [1.82, 2.24) is 20.5 Å². The molecule has 0 radical (unpaired) electrons. The number of hydrogen-bond donors (Lipinski definition) is 3. The first-order valence-corrected chi connectivity index (χ1v) is 13.1. The van der Waals surface area contributed by atoms with E-state index in [9.17, 15) is 9.11 Å². The second kappa shape index (κ2) is 9.88. The van der Waals surface area contributed by atoms with Crippen molar-refractivity contribution < 1.29 is 22.5 Å². The van der Waals surface area contributed by atoms with Gasteiger partial charge in [-0.25, -0.2) is 0 Å². The third-order valence-electron chi connectivity index (χ3n) is 6.21. The Morgan fingerprint density at radius 1 is 1.00 bits per heavy atom. The first kappa shape index (κ1) is 23.7. The Bertz CT molecular complexity index is 1320. The summed E-state index contributed by atoms with van der Waals surface area (Å²) in [6.45, 7) is 3.64. The van der Waals surface area contributed by atoms with Crippen molar-refractivity contribution in [2.24, 2.45) is 0 Å². The molecule has 1 fully saturated rings. The maximum Gasteiger partial charge on any atom is 0.250 e. The number of nitrogens with one attached hydrogen (secondary N) is 1. The molecular formula is C26H34N4O4S. The number of nitrogens with zero attached hydrogens (tertiary/aromatic N) is 3. The van der Waals surface area contributed by atoms with Gasteiger partial charge in [-0.1, -0.05) is 24.3 Å². The van der Waals surface area contributed by atoms with Crippen molar-refractivity contribution in [3.8, 4) is 34.0 Å². The fraction of sp³-hybridized carbons (Fsp3) is 0.269. The number of hydrogen-bond acceptors (Lipinski definition) is 8. The summed E-state index contributed by atoms with van der Waals surface area (Å²) in [5.41, 5.74) is 5.33. The first-order chi connectivity index (χ1) is 17.0. The molecule has 35 heavy (non-hydrogen) atoms. The molecule has 3 heterocycles. The maximum absolute atomic E-state index is 10.7. The van der Waals surface area contributed by atoms with Crippen LogP contribution >= 0.6 is 10.6 Å². The van der Waals surface area contributed by atoms with E-state index in [4.69, 9.17) is 9.15 Å². The highest BCUT2D eigenvalue weighted by Crippen LogP contribution is 2.55. The van der Waals surface area contributed by atoms with Gasteiger partial charge in [0.2, 0.25) is 11.8 Å². The molecule has 1 aliphatic heterocycles. The van der Waals surface area contributed by atoms with Gasteiger partial charge in [0.25, 0.3) is 0 Å². The maximum atomic E-state index is 10.7. The molecule has 1 atom stereocenters. The van der Waals surface area contributed by atoms with Crippen LogP contribution in [0.3, 0.4) is 0 Å². The zero-order valence-electron chi connectivity index (χ0n) is 19.6. The number of aromatic nitrogens is 3. The van der Waals surface area contributed by atoms with Crippen LogP contribution in [0.5, 0.6) is 0 Å². The van der Waals surface area contributed by atoms with Crippen molar-refractivity contribution >= 4 is 10.6 Å². The lowest BCUT2D eigenvalue weighted by atomic mass is 10.0. The molecule has 3 N–H and O–H groups in total. The first-order valence-electron chi connectivity index (χ1n) is 11.5. The fourth-order valence-corrected chi connectivity index (χ4v) is 5.77. The van der Waals surface area contributed by atoms with Crippen LogP contribution in [0.25, 0.3) is 34.0 Å².